The second-order valence-electron chi connectivity index (χ2n) is 5.91. The van der Waals surface area contributed by atoms with Gasteiger partial charge in [-0.3, -0.25) is 14.9 Å². The third-order valence-corrected chi connectivity index (χ3v) is 3.92. The molecule has 1 aromatic heterocycles. The summed E-state index contributed by atoms with van der Waals surface area (Å²) in [7, 11) is 1.38. The van der Waals surface area contributed by atoms with E-state index in [1.165, 1.54) is 25.3 Å². The zero-order valence-corrected chi connectivity index (χ0v) is 15.0. The molecule has 1 atom stereocenters. The van der Waals surface area contributed by atoms with Crippen LogP contribution in [0, 0.1) is 17.0 Å². The van der Waals surface area contributed by atoms with Crippen LogP contribution in [0.4, 0.5) is 17.1 Å². The van der Waals surface area contributed by atoms with Gasteiger partial charge < -0.3 is 19.8 Å². The van der Waals surface area contributed by atoms with Gasteiger partial charge in [0.1, 0.15) is 17.3 Å². The van der Waals surface area contributed by atoms with E-state index in [9.17, 15) is 14.9 Å². The molecule has 2 N–H and O–H groups in total. The van der Waals surface area contributed by atoms with Gasteiger partial charge in [0.25, 0.3) is 5.69 Å². The Bertz CT molecular complexity index is 1010. The number of anilines is 2. The van der Waals surface area contributed by atoms with E-state index in [0.717, 1.165) is 0 Å². The van der Waals surface area contributed by atoms with Gasteiger partial charge >= 0.3 is 0 Å². The summed E-state index contributed by atoms with van der Waals surface area (Å²) in [6, 6.07) is 8.79. The first-order valence-corrected chi connectivity index (χ1v) is 8.14. The molecule has 2 aromatic carbocycles. The van der Waals surface area contributed by atoms with Gasteiger partial charge in [-0.1, -0.05) is 0 Å². The number of oxazole rings is 1. The van der Waals surface area contributed by atoms with Crippen molar-refractivity contribution in [2.24, 2.45) is 0 Å². The summed E-state index contributed by atoms with van der Waals surface area (Å²) in [6.45, 7) is 3.46. The molecule has 9 nitrogen and oxygen atoms in total. The Hall–Kier alpha value is -3.62. The van der Waals surface area contributed by atoms with E-state index in [2.05, 4.69) is 15.6 Å². The number of nitro groups is 1. The number of nitrogens with one attached hydrogen (secondary N) is 2. The maximum Gasteiger partial charge on any atom is 0.273 e. The third-order valence-electron chi connectivity index (χ3n) is 3.92. The molecule has 0 aliphatic rings. The Kier molecular flexibility index (Phi) is 4.93. The summed E-state index contributed by atoms with van der Waals surface area (Å²) in [5.74, 6) is 0.459. The van der Waals surface area contributed by atoms with Gasteiger partial charge in [-0.2, -0.15) is 0 Å². The monoisotopic (exact) mass is 370 g/mol. The molecule has 0 saturated carbocycles. The van der Waals surface area contributed by atoms with Crippen molar-refractivity contribution in [2.45, 2.75) is 19.9 Å². The number of hydrogen-bond acceptors (Lipinski definition) is 7. The highest BCUT2D eigenvalue weighted by atomic mass is 16.6. The Labute approximate surface area is 154 Å². The maximum atomic E-state index is 12.5. The molecule has 0 unspecified atom stereocenters. The van der Waals surface area contributed by atoms with Crippen LogP contribution in [0.2, 0.25) is 0 Å². The molecule has 0 radical (unpaired) electrons. The van der Waals surface area contributed by atoms with Crippen molar-refractivity contribution in [1.29, 1.82) is 0 Å². The highest BCUT2D eigenvalue weighted by molar-refractivity contribution is 5.97. The molecule has 0 bridgehead atoms. The first-order valence-electron chi connectivity index (χ1n) is 8.14. The van der Waals surface area contributed by atoms with Crippen LogP contribution in [0.15, 0.2) is 40.8 Å². The lowest BCUT2D eigenvalue weighted by atomic mass is 10.2. The number of benzene rings is 2. The molecule has 0 aliphatic carbocycles. The van der Waals surface area contributed by atoms with Gasteiger partial charge in [0, 0.05) is 18.7 Å². The average Bonchev–Trinajstić information content (AvgIpc) is 3.01. The van der Waals surface area contributed by atoms with Crippen LogP contribution < -0.4 is 15.4 Å². The number of aryl methyl sites for hydroxylation is 1. The van der Waals surface area contributed by atoms with E-state index in [1.807, 2.05) is 0 Å². The number of methoxy groups -OCH3 is 1. The van der Waals surface area contributed by atoms with Crippen LogP contribution in [-0.2, 0) is 4.79 Å². The number of rotatable bonds is 6. The molecule has 9 heteroatoms. The van der Waals surface area contributed by atoms with Gasteiger partial charge in [0.15, 0.2) is 11.5 Å². The second-order valence-corrected chi connectivity index (χ2v) is 5.91. The first-order chi connectivity index (χ1) is 12.9. The normalized spacial score (nSPS) is 11.8. The first kappa shape index (κ1) is 18.2. The van der Waals surface area contributed by atoms with Crippen LogP contribution >= 0.6 is 0 Å². The van der Waals surface area contributed by atoms with Crippen LogP contribution in [-0.4, -0.2) is 29.0 Å². The minimum atomic E-state index is -0.574. The lowest BCUT2D eigenvalue weighted by Crippen LogP contribution is -2.32. The van der Waals surface area contributed by atoms with Gasteiger partial charge in [-0.15, -0.1) is 0 Å². The van der Waals surface area contributed by atoms with E-state index >= 15 is 0 Å². The molecular weight excluding hydrogens is 352 g/mol. The SMILES string of the molecule is COc1cc([N+](=O)[O-])ccc1NC(=O)[C@H](C)Nc1ccc2oc(C)nc2c1. The van der Waals surface area contributed by atoms with Crippen LogP contribution in [0.3, 0.4) is 0 Å². The molecule has 3 aromatic rings. The molecule has 27 heavy (non-hydrogen) atoms. The number of carbonyl (C=O) groups excluding carboxylic acids is 1. The number of non-ortho nitro benzene ring substituents is 1. The molecule has 0 fully saturated rings. The van der Waals surface area contributed by atoms with Crippen molar-refractivity contribution in [2.75, 3.05) is 17.7 Å². The number of ether oxygens (including phenoxy) is 1. The predicted octanol–water partition coefficient (Wildman–Crippen LogP) is 3.49. The molecular formula is C18H18N4O5. The number of amides is 1. The molecule has 0 spiro atoms. The lowest BCUT2D eigenvalue weighted by Gasteiger charge is -2.16. The van der Waals surface area contributed by atoms with Crippen molar-refractivity contribution in [1.82, 2.24) is 4.98 Å². The summed E-state index contributed by atoms with van der Waals surface area (Å²) in [5.41, 5.74) is 2.32. The highest BCUT2D eigenvalue weighted by Gasteiger charge is 2.17. The molecule has 0 aliphatic heterocycles. The topological polar surface area (TPSA) is 120 Å². The van der Waals surface area contributed by atoms with Gasteiger partial charge in [-0.05, 0) is 31.2 Å². The van der Waals surface area contributed by atoms with E-state index < -0.39 is 11.0 Å². The van der Waals surface area contributed by atoms with Crippen LogP contribution in [0.25, 0.3) is 11.1 Å². The Morgan fingerprint density at radius 1 is 1.30 bits per heavy atom. The van der Waals surface area contributed by atoms with Crippen molar-refractivity contribution in [3.8, 4) is 5.75 Å². The van der Waals surface area contributed by atoms with E-state index in [1.54, 1.807) is 32.0 Å². The standard InChI is InChI=1S/C18H18N4O5/c1-10(19-12-4-7-16-15(8-12)20-11(2)27-16)18(23)21-14-6-5-13(22(24)25)9-17(14)26-3/h4-10,19H,1-3H3,(H,21,23)/t10-/m0/s1. The third kappa shape index (κ3) is 3.97. The van der Waals surface area contributed by atoms with Gasteiger partial charge in [0.2, 0.25) is 5.91 Å². The number of carbonyl (C=O) groups is 1. The summed E-state index contributed by atoms with van der Waals surface area (Å²) in [5, 5.41) is 16.6. The number of nitrogens with zero attached hydrogens (tertiary/aromatic N) is 2. The fourth-order valence-electron chi connectivity index (χ4n) is 2.59. The van der Waals surface area contributed by atoms with Gasteiger partial charge in [0.05, 0.1) is 23.8 Å². The minimum absolute atomic E-state index is 0.118. The predicted molar refractivity (Wildman–Crippen MR) is 100 cm³/mol. The molecule has 140 valence electrons. The Balaban J connectivity index is 1.72. The van der Waals surface area contributed by atoms with Crippen molar-refractivity contribution in [3.05, 3.63) is 52.4 Å². The summed E-state index contributed by atoms with van der Waals surface area (Å²) >= 11 is 0. The molecule has 1 heterocycles. The Morgan fingerprint density at radius 3 is 2.78 bits per heavy atom. The summed E-state index contributed by atoms with van der Waals surface area (Å²) < 4.78 is 10.6. The van der Waals surface area contributed by atoms with E-state index in [4.69, 9.17) is 9.15 Å². The fraction of sp³-hybridized carbons (Fsp3) is 0.222. The number of aromatic nitrogens is 1. The van der Waals surface area contributed by atoms with E-state index in [0.29, 0.717) is 28.4 Å². The highest BCUT2D eigenvalue weighted by Crippen LogP contribution is 2.29. The second kappa shape index (κ2) is 7.32. The van der Waals surface area contributed by atoms with Crippen LogP contribution in [0.5, 0.6) is 5.75 Å². The van der Waals surface area contributed by atoms with Crippen molar-refractivity contribution < 1.29 is 18.9 Å². The smallest absolute Gasteiger partial charge is 0.273 e. The number of hydrogen-bond donors (Lipinski definition) is 2. The average molecular weight is 370 g/mol. The summed E-state index contributed by atoms with van der Waals surface area (Å²) in [6.07, 6.45) is 0. The van der Waals surface area contributed by atoms with Crippen molar-refractivity contribution >= 4 is 34.1 Å². The largest absolute Gasteiger partial charge is 0.494 e. The molecule has 3 rings (SSSR count). The number of nitro benzene ring substituents is 1. The summed E-state index contributed by atoms with van der Waals surface area (Å²) in [4.78, 5) is 27.1. The minimum Gasteiger partial charge on any atom is -0.494 e. The quantitative estimate of drug-likeness (QED) is 0.503. The van der Waals surface area contributed by atoms with E-state index in [-0.39, 0.29) is 17.3 Å². The Morgan fingerprint density at radius 2 is 2.07 bits per heavy atom. The lowest BCUT2D eigenvalue weighted by molar-refractivity contribution is -0.384. The zero-order valence-electron chi connectivity index (χ0n) is 15.0. The number of fused-ring (bicyclic) bond motifs is 1. The molecule has 1 amide bonds. The molecule has 0 saturated heterocycles. The zero-order chi connectivity index (χ0) is 19.6. The van der Waals surface area contributed by atoms with Crippen LogP contribution in [0.1, 0.15) is 12.8 Å². The maximum absolute atomic E-state index is 12.5. The fourth-order valence-corrected chi connectivity index (χ4v) is 2.59. The van der Waals surface area contributed by atoms with Gasteiger partial charge in [-0.25, -0.2) is 4.98 Å². The van der Waals surface area contributed by atoms with Crippen molar-refractivity contribution in [3.63, 3.8) is 0 Å².